The zero-order valence-corrected chi connectivity index (χ0v) is 13.1. The molecule has 2 N–H and O–H groups in total. The van der Waals surface area contributed by atoms with Crippen molar-refractivity contribution >= 4 is 9.84 Å². The van der Waals surface area contributed by atoms with E-state index in [0.29, 0.717) is 13.0 Å². The van der Waals surface area contributed by atoms with Gasteiger partial charge >= 0.3 is 0 Å². The molecule has 1 fully saturated rings. The van der Waals surface area contributed by atoms with E-state index in [2.05, 4.69) is 0 Å². The van der Waals surface area contributed by atoms with Gasteiger partial charge in [0.1, 0.15) is 0 Å². The van der Waals surface area contributed by atoms with Crippen LogP contribution in [-0.2, 0) is 16.4 Å². The van der Waals surface area contributed by atoms with Crippen molar-refractivity contribution in [2.45, 2.75) is 32.0 Å². The molecule has 0 aliphatic carbocycles. The second kappa shape index (κ2) is 6.87. The molecule has 0 saturated carbocycles. The Labute approximate surface area is 126 Å². The topological polar surface area (TPSA) is 77.8 Å². The minimum absolute atomic E-state index is 0.0856. The van der Waals surface area contributed by atoms with Crippen LogP contribution in [0.1, 0.15) is 17.5 Å². The molecule has 1 aromatic carbocycles. The highest BCUT2D eigenvalue weighted by Gasteiger charge is 2.32. The molecule has 5 nitrogen and oxygen atoms in total. The predicted octanol–water partition coefficient (Wildman–Crippen LogP) is 0.337. The first-order valence-electron chi connectivity index (χ1n) is 7.18. The lowest BCUT2D eigenvalue weighted by molar-refractivity contribution is 0.0447. The number of rotatable bonds is 6. The van der Waals surface area contributed by atoms with Crippen LogP contribution < -0.4 is 0 Å². The van der Waals surface area contributed by atoms with Gasteiger partial charge in [0.05, 0.1) is 24.2 Å². The average Bonchev–Trinajstić information content (AvgIpc) is 2.80. The predicted molar refractivity (Wildman–Crippen MR) is 81.7 cm³/mol. The lowest BCUT2D eigenvalue weighted by atomic mass is 10.1. The summed E-state index contributed by atoms with van der Waals surface area (Å²) in [5.41, 5.74) is 2.25. The highest BCUT2D eigenvalue weighted by Crippen LogP contribution is 2.20. The van der Waals surface area contributed by atoms with E-state index in [-0.39, 0.29) is 30.7 Å². The van der Waals surface area contributed by atoms with Crippen molar-refractivity contribution in [3.8, 4) is 0 Å². The van der Waals surface area contributed by atoms with Crippen LogP contribution in [0.3, 0.4) is 0 Å². The Morgan fingerprint density at radius 1 is 1.33 bits per heavy atom. The van der Waals surface area contributed by atoms with Crippen LogP contribution in [0.25, 0.3) is 0 Å². The van der Waals surface area contributed by atoms with Gasteiger partial charge in [0.25, 0.3) is 0 Å². The maximum Gasteiger partial charge on any atom is 0.151 e. The Morgan fingerprint density at radius 2 is 2.00 bits per heavy atom. The Hall–Kier alpha value is -0.950. The highest BCUT2D eigenvalue weighted by molar-refractivity contribution is 7.91. The van der Waals surface area contributed by atoms with Gasteiger partial charge in [-0.3, -0.25) is 4.90 Å². The largest absolute Gasteiger partial charge is 0.394 e. The molecule has 1 saturated heterocycles. The number of hydrogen-bond donors (Lipinski definition) is 2. The third-order valence-electron chi connectivity index (χ3n) is 3.89. The van der Waals surface area contributed by atoms with Crippen molar-refractivity contribution in [2.75, 3.05) is 24.7 Å². The molecule has 6 heteroatoms. The van der Waals surface area contributed by atoms with Crippen molar-refractivity contribution in [3.63, 3.8) is 0 Å². The first-order chi connectivity index (χ1) is 9.89. The van der Waals surface area contributed by atoms with E-state index >= 15 is 0 Å². The van der Waals surface area contributed by atoms with Gasteiger partial charge in [-0.25, -0.2) is 8.42 Å². The second-order valence-electron chi connectivity index (χ2n) is 5.81. The summed E-state index contributed by atoms with van der Waals surface area (Å²) in [6.07, 6.45) is -0.259. The van der Waals surface area contributed by atoms with E-state index in [1.165, 1.54) is 5.56 Å². The van der Waals surface area contributed by atoms with Crippen molar-refractivity contribution in [3.05, 3.63) is 35.4 Å². The normalized spacial score (nSPS) is 22.6. The third kappa shape index (κ3) is 4.78. The van der Waals surface area contributed by atoms with Gasteiger partial charge in [-0.15, -0.1) is 0 Å². The monoisotopic (exact) mass is 313 g/mol. The molecule has 1 aliphatic rings. The van der Waals surface area contributed by atoms with Crippen LogP contribution in [0.5, 0.6) is 0 Å². The van der Waals surface area contributed by atoms with E-state index in [0.717, 1.165) is 5.56 Å². The molecular weight excluding hydrogens is 290 g/mol. The Bertz CT molecular complexity index is 556. The second-order valence-corrected chi connectivity index (χ2v) is 8.04. The molecule has 0 unspecified atom stereocenters. The maximum absolute atomic E-state index is 11.7. The molecule has 0 bridgehead atoms. The number of benzene rings is 1. The molecule has 1 aromatic rings. The summed E-state index contributed by atoms with van der Waals surface area (Å²) in [6, 6.07) is 7.97. The highest BCUT2D eigenvalue weighted by atomic mass is 32.2. The van der Waals surface area contributed by atoms with Crippen LogP contribution >= 0.6 is 0 Å². The van der Waals surface area contributed by atoms with Gasteiger partial charge in [-0.2, -0.15) is 0 Å². The van der Waals surface area contributed by atoms with Crippen LogP contribution in [0.15, 0.2) is 24.3 Å². The first kappa shape index (κ1) is 16.4. The van der Waals surface area contributed by atoms with Gasteiger partial charge in [0, 0.05) is 19.1 Å². The zero-order chi connectivity index (χ0) is 15.5. The Balaban J connectivity index is 2.10. The van der Waals surface area contributed by atoms with Gasteiger partial charge in [0.2, 0.25) is 0 Å². The average molecular weight is 313 g/mol. The standard InChI is InChI=1S/C15H23NO4S/c1-12-2-4-13(5-3-12)8-16(9-15(18)10-17)14-6-7-21(19,20)11-14/h2-5,14-15,17-18H,6-11H2,1H3/t14-,15+/m1/s1. The minimum atomic E-state index is -2.97. The van der Waals surface area contributed by atoms with Crippen molar-refractivity contribution in [1.82, 2.24) is 4.90 Å². The summed E-state index contributed by atoms with van der Waals surface area (Å²) < 4.78 is 23.3. The van der Waals surface area contributed by atoms with Gasteiger partial charge in [0.15, 0.2) is 9.84 Å². The van der Waals surface area contributed by atoms with E-state index in [1.54, 1.807) is 0 Å². The van der Waals surface area contributed by atoms with E-state index < -0.39 is 15.9 Å². The van der Waals surface area contributed by atoms with Crippen LogP contribution in [0, 0.1) is 6.92 Å². The molecule has 0 aromatic heterocycles. The van der Waals surface area contributed by atoms with Gasteiger partial charge in [-0.05, 0) is 18.9 Å². The summed E-state index contributed by atoms with van der Waals surface area (Å²) in [6.45, 7) is 2.56. The fraction of sp³-hybridized carbons (Fsp3) is 0.600. The Morgan fingerprint density at radius 3 is 2.52 bits per heavy atom. The summed E-state index contributed by atoms with van der Waals surface area (Å²) in [4.78, 5) is 1.97. The quantitative estimate of drug-likeness (QED) is 0.792. The Kier molecular flexibility index (Phi) is 5.37. The number of hydrogen-bond acceptors (Lipinski definition) is 5. The molecule has 0 radical (unpaired) electrons. The first-order valence-corrected chi connectivity index (χ1v) is 9.01. The molecule has 0 spiro atoms. The zero-order valence-electron chi connectivity index (χ0n) is 12.3. The number of aryl methyl sites for hydroxylation is 1. The van der Waals surface area contributed by atoms with Crippen molar-refractivity contribution < 1.29 is 18.6 Å². The smallest absolute Gasteiger partial charge is 0.151 e. The van der Waals surface area contributed by atoms with Crippen LogP contribution in [0.4, 0.5) is 0 Å². The molecule has 1 heterocycles. The molecule has 0 amide bonds. The van der Waals surface area contributed by atoms with E-state index in [9.17, 15) is 13.5 Å². The number of aliphatic hydroxyl groups excluding tert-OH is 2. The lowest BCUT2D eigenvalue weighted by Gasteiger charge is -2.29. The fourth-order valence-corrected chi connectivity index (χ4v) is 4.42. The molecule has 21 heavy (non-hydrogen) atoms. The van der Waals surface area contributed by atoms with Crippen LogP contribution in [0.2, 0.25) is 0 Å². The molecule has 118 valence electrons. The van der Waals surface area contributed by atoms with Gasteiger partial charge < -0.3 is 10.2 Å². The lowest BCUT2D eigenvalue weighted by Crippen LogP contribution is -2.41. The SMILES string of the molecule is Cc1ccc(CN(C[C@H](O)CO)[C@@H]2CCS(=O)(=O)C2)cc1. The molecule has 1 aliphatic heterocycles. The van der Waals surface area contributed by atoms with Gasteiger partial charge in [-0.1, -0.05) is 29.8 Å². The number of sulfone groups is 1. The molecule has 2 rings (SSSR count). The van der Waals surface area contributed by atoms with Crippen molar-refractivity contribution in [1.29, 1.82) is 0 Å². The van der Waals surface area contributed by atoms with Crippen molar-refractivity contribution in [2.24, 2.45) is 0 Å². The van der Waals surface area contributed by atoms with Crippen LogP contribution in [-0.4, -0.2) is 60.3 Å². The van der Waals surface area contributed by atoms with E-state index in [1.807, 2.05) is 36.1 Å². The van der Waals surface area contributed by atoms with E-state index in [4.69, 9.17) is 5.11 Å². The fourth-order valence-electron chi connectivity index (χ4n) is 2.66. The summed E-state index contributed by atoms with van der Waals surface area (Å²) in [5, 5.41) is 18.7. The number of aliphatic hydroxyl groups is 2. The number of nitrogens with zero attached hydrogens (tertiary/aromatic N) is 1. The summed E-state index contributed by atoms with van der Waals surface area (Å²) in [5.74, 6) is 0.342. The third-order valence-corrected chi connectivity index (χ3v) is 5.64. The molecular formula is C15H23NO4S. The summed E-state index contributed by atoms with van der Waals surface area (Å²) >= 11 is 0. The summed E-state index contributed by atoms with van der Waals surface area (Å²) in [7, 11) is -2.97. The maximum atomic E-state index is 11.7. The minimum Gasteiger partial charge on any atom is -0.394 e. The molecule has 2 atom stereocenters.